The summed E-state index contributed by atoms with van der Waals surface area (Å²) >= 11 is 5.83. The van der Waals surface area contributed by atoms with Crippen LogP contribution < -0.4 is 0 Å². The number of alkyl halides is 1. The van der Waals surface area contributed by atoms with Gasteiger partial charge >= 0.3 is 0 Å². The van der Waals surface area contributed by atoms with E-state index in [0.717, 1.165) is 28.0 Å². The molecule has 2 aromatic carbocycles. The van der Waals surface area contributed by atoms with Gasteiger partial charge in [-0.2, -0.15) is 0 Å². The van der Waals surface area contributed by atoms with Gasteiger partial charge in [-0.3, -0.25) is 0 Å². The van der Waals surface area contributed by atoms with Crippen LogP contribution in [-0.4, -0.2) is 9.55 Å². The van der Waals surface area contributed by atoms with Gasteiger partial charge in [-0.1, -0.05) is 24.3 Å². The molecule has 0 atom stereocenters. The van der Waals surface area contributed by atoms with Crippen LogP contribution in [-0.2, 0) is 5.88 Å². The first-order valence-corrected chi connectivity index (χ1v) is 7.46. The second-order valence-electron chi connectivity index (χ2n) is 5.36. The molecule has 0 spiro atoms. The lowest BCUT2D eigenvalue weighted by molar-refractivity contribution is 0.613. The Bertz CT molecular complexity index is 775. The summed E-state index contributed by atoms with van der Waals surface area (Å²) in [6.07, 6.45) is 0. The molecular formula is C17H16ClFN2. The van der Waals surface area contributed by atoms with E-state index in [1.165, 1.54) is 6.07 Å². The number of aromatic nitrogens is 2. The van der Waals surface area contributed by atoms with Crippen LogP contribution in [0.5, 0.6) is 0 Å². The molecule has 3 rings (SSSR count). The van der Waals surface area contributed by atoms with Crippen molar-refractivity contribution in [2.45, 2.75) is 25.8 Å². The van der Waals surface area contributed by atoms with E-state index in [0.29, 0.717) is 5.88 Å². The topological polar surface area (TPSA) is 17.8 Å². The van der Waals surface area contributed by atoms with E-state index >= 15 is 0 Å². The SMILES string of the molecule is CC(C)n1c(-c2ccc(CCl)cc2)nc2ccc(F)cc21. The number of hydrogen-bond donors (Lipinski definition) is 0. The second-order valence-corrected chi connectivity index (χ2v) is 5.63. The third kappa shape index (κ3) is 2.54. The summed E-state index contributed by atoms with van der Waals surface area (Å²) in [5, 5.41) is 0. The smallest absolute Gasteiger partial charge is 0.141 e. The van der Waals surface area contributed by atoms with E-state index in [9.17, 15) is 4.39 Å². The molecule has 0 amide bonds. The van der Waals surface area contributed by atoms with Crippen molar-refractivity contribution in [3.63, 3.8) is 0 Å². The Hall–Kier alpha value is -1.87. The molecular weight excluding hydrogens is 287 g/mol. The Labute approximate surface area is 128 Å². The molecule has 0 aliphatic heterocycles. The van der Waals surface area contributed by atoms with Gasteiger partial charge in [0.2, 0.25) is 0 Å². The van der Waals surface area contributed by atoms with Gasteiger partial charge in [-0.25, -0.2) is 9.37 Å². The van der Waals surface area contributed by atoms with Gasteiger partial charge in [0.1, 0.15) is 11.6 Å². The zero-order valence-corrected chi connectivity index (χ0v) is 12.7. The Morgan fingerprint density at radius 1 is 1.14 bits per heavy atom. The normalized spacial score (nSPS) is 11.5. The van der Waals surface area contributed by atoms with Gasteiger partial charge in [-0.15, -0.1) is 11.6 Å². The van der Waals surface area contributed by atoms with E-state index in [4.69, 9.17) is 11.6 Å². The van der Waals surface area contributed by atoms with Crippen LogP contribution in [0, 0.1) is 5.82 Å². The predicted molar refractivity (Wildman–Crippen MR) is 85.1 cm³/mol. The fraction of sp³-hybridized carbons (Fsp3) is 0.235. The molecule has 4 heteroatoms. The van der Waals surface area contributed by atoms with Crippen LogP contribution in [0.3, 0.4) is 0 Å². The summed E-state index contributed by atoms with van der Waals surface area (Å²) in [7, 11) is 0. The molecule has 0 aliphatic carbocycles. The van der Waals surface area contributed by atoms with Gasteiger partial charge < -0.3 is 4.57 Å². The number of fused-ring (bicyclic) bond motifs is 1. The van der Waals surface area contributed by atoms with Gasteiger partial charge in [0.15, 0.2) is 0 Å². The number of rotatable bonds is 3. The molecule has 0 bridgehead atoms. The van der Waals surface area contributed by atoms with E-state index < -0.39 is 0 Å². The van der Waals surface area contributed by atoms with Gasteiger partial charge in [-0.05, 0) is 37.6 Å². The maximum Gasteiger partial charge on any atom is 0.141 e. The van der Waals surface area contributed by atoms with Crippen LogP contribution in [0.4, 0.5) is 4.39 Å². The van der Waals surface area contributed by atoms with Gasteiger partial charge in [0.25, 0.3) is 0 Å². The average Bonchev–Trinajstić information content (AvgIpc) is 2.86. The quantitative estimate of drug-likeness (QED) is 0.611. The number of benzene rings is 2. The average molecular weight is 303 g/mol. The van der Waals surface area contributed by atoms with Crippen molar-refractivity contribution in [1.82, 2.24) is 9.55 Å². The van der Waals surface area contributed by atoms with E-state index in [2.05, 4.69) is 23.4 Å². The Kier molecular flexibility index (Phi) is 3.68. The van der Waals surface area contributed by atoms with Crippen molar-refractivity contribution in [3.8, 4) is 11.4 Å². The first kappa shape index (κ1) is 14.1. The summed E-state index contributed by atoms with van der Waals surface area (Å²) < 4.78 is 15.6. The minimum Gasteiger partial charge on any atom is -0.321 e. The molecule has 2 nitrogen and oxygen atoms in total. The molecule has 0 saturated carbocycles. The summed E-state index contributed by atoms with van der Waals surface area (Å²) in [6.45, 7) is 4.14. The third-order valence-electron chi connectivity index (χ3n) is 3.53. The van der Waals surface area contributed by atoms with E-state index in [1.54, 1.807) is 12.1 Å². The molecule has 0 radical (unpaired) electrons. The van der Waals surface area contributed by atoms with Crippen molar-refractivity contribution in [2.24, 2.45) is 0 Å². The lowest BCUT2D eigenvalue weighted by Gasteiger charge is -2.13. The highest BCUT2D eigenvalue weighted by Gasteiger charge is 2.15. The molecule has 0 fully saturated rings. The molecule has 1 aromatic heterocycles. The molecule has 0 unspecified atom stereocenters. The Morgan fingerprint density at radius 3 is 2.48 bits per heavy atom. The zero-order chi connectivity index (χ0) is 15.0. The first-order valence-electron chi connectivity index (χ1n) is 6.93. The first-order chi connectivity index (χ1) is 10.1. The highest BCUT2D eigenvalue weighted by Crippen LogP contribution is 2.29. The predicted octanol–water partition coefficient (Wildman–Crippen LogP) is 5.16. The summed E-state index contributed by atoms with van der Waals surface area (Å²) in [5.41, 5.74) is 3.70. The van der Waals surface area contributed by atoms with Crippen molar-refractivity contribution >= 4 is 22.6 Å². The highest BCUT2D eigenvalue weighted by molar-refractivity contribution is 6.17. The molecule has 0 aliphatic rings. The molecule has 0 saturated heterocycles. The van der Waals surface area contributed by atoms with Crippen molar-refractivity contribution in [3.05, 3.63) is 53.8 Å². The maximum absolute atomic E-state index is 13.5. The van der Waals surface area contributed by atoms with Crippen molar-refractivity contribution < 1.29 is 4.39 Å². The number of nitrogens with zero attached hydrogens (tertiary/aromatic N) is 2. The molecule has 108 valence electrons. The number of imidazole rings is 1. The second kappa shape index (κ2) is 5.49. The maximum atomic E-state index is 13.5. The highest BCUT2D eigenvalue weighted by atomic mass is 35.5. The molecule has 0 N–H and O–H groups in total. The van der Waals surface area contributed by atoms with Crippen molar-refractivity contribution in [2.75, 3.05) is 0 Å². The Balaban J connectivity index is 2.23. The van der Waals surface area contributed by atoms with Crippen LogP contribution in [0.1, 0.15) is 25.5 Å². The van der Waals surface area contributed by atoms with Gasteiger partial charge in [0.05, 0.1) is 11.0 Å². The zero-order valence-electron chi connectivity index (χ0n) is 12.0. The van der Waals surface area contributed by atoms with Gasteiger partial charge in [0, 0.05) is 17.5 Å². The minimum atomic E-state index is -0.242. The minimum absolute atomic E-state index is 0.194. The largest absolute Gasteiger partial charge is 0.321 e. The third-order valence-corrected chi connectivity index (χ3v) is 3.84. The molecule has 21 heavy (non-hydrogen) atoms. The van der Waals surface area contributed by atoms with Crippen LogP contribution in [0.2, 0.25) is 0 Å². The van der Waals surface area contributed by atoms with E-state index in [1.807, 2.05) is 24.3 Å². The lowest BCUT2D eigenvalue weighted by Crippen LogP contribution is -2.03. The fourth-order valence-electron chi connectivity index (χ4n) is 2.54. The lowest BCUT2D eigenvalue weighted by atomic mass is 10.1. The summed E-state index contributed by atoms with van der Waals surface area (Å²) in [6, 6.07) is 12.9. The van der Waals surface area contributed by atoms with Crippen LogP contribution in [0.15, 0.2) is 42.5 Å². The monoisotopic (exact) mass is 302 g/mol. The summed E-state index contributed by atoms with van der Waals surface area (Å²) in [5.74, 6) is 1.10. The standard InChI is InChI=1S/C17H16ClFN2/c1-11(2)21-16-9-14(19)7-8-15(16)20-17(21)13-5-3-12(10-18)4-6-13/h3-9,11H,10H2,1-2H3. The van der Waals surface area contributed by atoms with Crippen molar-refractivity contribution in [1.29, 1.82) is 0 Å². The molecule has 1 heterocycles. The molecule has 3 aromatic rings. The van der Waals surface area contributed by atoms with Crippen LogP contribution >= 0.6 is 11.6 Å². The summed E-state index contributed by atoms with van der Waals surface area (Å²) in [4.78, 5) is 4.66. The number of halogens is 2. The number of hydrogen-bond acceptors (Lipinski definition) is 1. The van der Waals surface area contributed by atoms with Crippen LogP contribution in [0.25, 0.3) is 22.4 Å². The fourth-order valence-corrected chi connectivity index (χ4v) is 2.71. The Morgan fingerprint density at radius 2 is 1.86 bits per heavy atom. The van der Waals surface area contributed by atoms with E-state index in [-0.39, 0.29) is 11.9 Å².